The van der Waals surface area contributed by atoms with Gasteiger partial charge in [-0.1, -0.05) is 44.2 Å². The topological polar surface area (TPSA) is 32.3 Å². The van der Waals surface area contributed by atoms with Gasteiger partial charge in [-0.2, -0.15) is 0 Å². The molecular formula is C21H24N2O. The van der Waals surface area contributed by atoms with Crippen molar-refractivity contribution in [3.05, 3.63) is 60.2 Å². The van der Waals surface area contributed by atoms with E-state index in [0.29, 0.717) is 11.8 Å². The summed E-state index contributed by atoms with van der Waals surface area (Å²) in [7, 11) is 0. The molecule has 1 N–H and O–H groups in total. The molecule has 1 aliphatic carbocycles. The average molecular weight is 320 g/mol. The van der Waals surface area contributed by atoms with Gasteiger partial charge >= 0.3 is 0 Å². The van der Waals surface area contributed by atoms with Crippen LogP contribution in [0.1, 0.15) is 43.5 Å². The van der Waals surface area contributed by atoms with Crippen molar-refractivity contribution in [3.63, 3.8) is 0 Å². The standard InChI is InChI=1S/C21H24N2O/c1-15-12-16(2)14-21(13-15)22-19-11-7-6-10-18(19)20(24)23(21)17-8-4-3-5-9-17/h3-11,15-16,22H,12-14H2,1-2H3. The number of anilines is 2. The molecule has 1 saturated carbocycles. The van der Waals surface area contributed by atoms with Crippen LogP contribution in [0.3, 0.4) is 0 Å². The van der Waals surface area contributed by atoms with Gasteiger partial charge in [-0.25, -0.2) is 0 Å². The number of fused-ring (bicyclic) bond motifs is 1. The highest BCUT2D eigenvalue weighted by Gasteiger charge is 2.48. The molecule has 1 amide bonds. The second kappa shape index (κ2) is 5.66. The van der Waals surface area contributed by atoms with Crippen LogP contribution in [0.25, 0.3) is 0 Å². The summed E-state index contributed by atoms with van der Waals surface area (Å²) in [5.74, 6) is 1.29. The fourth-order valence-corrected chi connectivity index (χ4v) is 4.72. The Balaban J connectivity index is 1.88. The summed E-state index contributed by atoms with van der Waals surface area (Å²) in [4.78, 5) is 15.4. The average Bonchev–Trinajstić information content (AvgIpc) is 2.54. The summed E-state index contributed by atoms with van der Waals surface area (Å²) in [5, 5.41) is 3.76. The third-order valence-corrected chi connectivity index (χ3v) is 5.35. The molecule has 24 heavy (non-hydrogen) atoms. The Morgan fingerprint density at radius 2 is 1.58 bits per heavy atom. The lowest BCUT2D eigenvalue weighted by molar-refractivity contribution is 0.0908. The smallest absolute Gasteiger partial charge is 0.262 e. The molecule has 1 spiro atoms. The first kappa shape index (κ1) is 15.3. The van der Waals surface area contributed by atoms with Crippen molar-refractivity contribution in [2.45, 2.75) is 38.8 Å². The number of nitrogens with zero attached hydrogens (tertiary/aromatic N) is 1. The largest absolute Gasteiger partial charge is 0.362 e. The van der Waals surface area contributed by atoms with Crippen molar-refractivity contribution in [3.8, 4) is 0 Å². The predicted octanol–water partition coefficient (Wildman–Crippen LogP) is 4.91. The van der Waals surface area contributed by atoms with Crippen LogP contribution in [0, 0.1) is 11.8 Å². The maximum Gasteiger partial charge on any atom is 0.262 e. The first-order valence-corrected chi connectivity index (χ1v) is 8.86. The van der Waals surface area contributed by atoms with E-state index in [4.69, 9.17) is 0 Å². The number of amides is 1. The van der Waals surface area contributed by atoms with Gasteiger partial charge in [0.05, 0.1) is 5.56 Å². The maximum atomic E-state index is 13.4. The quantitative estimate of drug-likeness (QED) is 0.809. The third-order valence-electron chi connectivity index (χ3n) is 5.35. The second-order valence-electron chi connectivity index (χ2n) is 7.53. The van der Waals surface area contributed by atoms with E-state index in [1.165, 1.54) is 6.42 Å². The molecule has 4 rings (SSSR count). The fraction of sp³-hybridized carbons (Fsp3) is 0.381. The zero-order valence-corrected chi connectivity index (χ0v) is 14.3. The van der Waals surface area contributed by atoms with Gasteiger partial charge in [0.15, 0.2) is 0 Å². The Bertz CT molecular complexity index is 745. The minimum Gasteiger partial charge on any atom is -0.362 e. The zero-order valence-electron chi connectivity index (χ0n) is 14.3. The van der Waals surface area contributed by atoms with Gasteiger partial charge in [0.25, 0.3) is 5.91 Å². The Hall–Kier alpha value is -2.29. The second-order valence-corrected chi connectivity index (χ2v) is 7.53. The Morgan fingerprint density at radius 1 is 0.958 bits per heavy atom. The molecule has 2 aromatic carbocycles. The number of rotatable bonds is 1. The fourth-order valence-electron chi connectivity index (χ4n) is 4.72. The first-order valence-electron chi connectivity index (χ1n) is 8.86. The number of para-hydroxylation sites is 2. The van der Waals surface area contributed by atoms with Crippen molar-refractivity contribution in [1.29, 1.82) is 0 Å². The number of carbonyl (C=O) groups excluding carboxylic acids is 1. The van der Waals surface area contributed by atoms with Crippen LogP contribution in [0.15, 0.2) is 54.6 Å². The summed E-state index contributed by atoms with van der Waals surface area (Å²) in [6, 6.07) is 18.0. The van der Waals surface area contributed by atoms with E-state index in [2.05, 4.69) is 19.2 Å². The van der Waals surface area contributed by atoms with Crippen LogP contribution in [0.2, 0.25) is 0 Å². The molecule has 1 aliphatic heterocycles. The molecule has 1 heterocycles. The van der Waals surface area contributed by atoms with Crippen molar-refractivity contribution in [2.24, 2.45) is 11.8 Å². The highest BCUT2D eigenvalue weighted by atomic mass is 16.2. The van der Waals surface area contributed by atoms with Crippen LogP contribution in [0.5, 0.6) is 0 Å². The van der Waals surface area contributed by atoms with E-state index in [0.717, 1.165) is 29.8 Å². The molecule has 124 valence electrons. The van der Waals surface area contributed by atoms with Gasteiger partial charge in [0.1, 0.15) is 5.66 Å². The number of nitrogens with one attached hydrogen (secondary N) is 1. The van der Waals surface area contributed by atoms with Gasteiger partial charge in [-0.05, 0) is 55.4 Å². The Kier molecular flexibility index (Phi) is 3.60. The Morgan fingerprint density at radius 3 is 2.29 bits per heavy atom. The minimum absolute atomic E-state index is 0.108. The molecule has 0 bridgehead atoms. The van der Waals surface area contributed by atoms with Crippen molar-refractivity contribution in [2.75, 3.05) is 10.2 Å². The third kappa shape index (κ3) is 2.39. The lowest BCUT2D eigenvalue weighted by atomic mass is 9.74. The van der Waals surface area contributed by atoms with E-state index in [-0.39, 0.29) is 11.6 Å². The Labute approximate surface area is 143 Å². The summed E-state index contributed by atoms with van der Waals surface area (Å²) < 4.78 is 0. The molecule has 1 fully saturated rings. The molecule has 2 aliphatic rings. The molecule has 0 aromatic heterocycles. The normalized spacial score (nSPS) is 29.2. The van der Waals surface area contributed by atoms with Gasteiger partial charge in [0.2, 0.25) is 0 Å². The highest BCUT2D eigenvalue weighted by molar-refractivity contribution is 6.12. The van der Waals surface area contributed by atoms with Gasteiger partial charge in [-0.15, -0.1) is 0 Å². The maximum absolute atomic E-state index is 13.4. The summed E-state index contributed by atoms with van der Waals surface area (Å²) >= 11 is 0. The minimum atomic E-state index is -0.329. The van der Waals surface area contributed by atoms with Gasteiger partial charge in [-0.3, -0.25) is 9.69 Å². The molecule has 0 radical (unpaired) electrons. The van der Waals surface area contributed by atoms with E-state index in [1.807, 2.05) is 59.5 Å². The zero-order chi connectivity index (χ0) is 16.7. The monoisotopic (exact) mass is 320 g/mol. The summed E-state index contributed by atoms with van der Waals surface area (Å²) in [6.07, 6.45) is 3.18. The molecule has 2 unspecified atom stereocenters. The predicted molar refractivity (Wildman–Crippen MR) is 98.2 cm³/mol. The van der Waals surface area contributed by atoms with Gasteiger partial charge < -0.3 is 5.32 Å². The highest BCUT2D eigenvalue weighted by Crippen LogP contribution is 2.46. The molecule has 2 aromatic rings. The number of carbonyl (C=O) groups is 1. The summed E-state index contributed by atoms with van der Waals surface area (Å²) in [5.41, 5.74) is 2.38. The SMILES string of the molecule is CC1CC(C)CC2(C1)Nc1ccccc1C(=O)N2c1ccccc1. The van der Waals surface area contributed by atoms with Crippen LogP contribution in [0.4, 0.5) is 11.4 Å². The van der Waals surface area contributed by atoms with Crippen LogP contribution < -0.4 is 10.2 Å². The first-order chi connectivity index (χ1) is 11.6. The molecular weight excluding hydrogens is 296 g/mol. The lowest BCUT2D eigenvalue weighted by Gasteiger charge is -2.53. The van der Waals surface area contributed by atoms with Crippen LogP contribution in [-0.2, 0) is 0 Å². The van der Waals surface area contributed by atoms with Crippen molar-refractivity contribution in [1.82, 2.24) is 0 Å². The number of hydrogen-bond donors (Lipinski definition) is 1. The molecule has 3 nitrogen and oxygen atoms in total. The molecule has 2 atom stereocenters. The van der Waals surface area contributed by atoms with E-state index < -0.39 is 0 Å². The van der Waals surface area contributed by atoms with Crippen molar-refractivity contribution >= 4 is 17.3 Å². The molecule has 3 heteroatoms. The van der Waals surface area contributed by atoms with Crippen molar-refractivity contribution < 1.29 is 4.79 Å². The van der Waals surface area contributed by atoms with Crippen LogP contribution >= 0.6 is 0 Å². The lowest BCUT2D eigenvalue weighted by Crippen LogP contribution is -2.63. The van der Waals surface area contributed by atoms with Gasteiger partial charge in [0, 0.05) is 11.4 Å². The van der Waals surface area contributed by atoms with E-state index in [9.17, 15) is 4.79 Å². The number of benzene rings is 2. The van der Waals surface area contributed by atoms with E-state index in [1.54, 1.807) is 0 Å². The number of hydrogen-bond acceptors (Lipinski definition) is 2. The molecule has 0 saturated heterocycles. The van der Waals surface area contributed by atoms with Crippen LogP contribution in [-0.4, -0.2) is 11.6 Å². The van der Waals surface area contributed by atoms with E-state index >= 15 is 0 Å². The summed E-state index contributed by atoms with van der Waals surface area (Å²) in [6.45, 7) is 4.60.